The number of carbonyl (C=O) groups is 2. The van der Waals surface area contributed by atoms with E-state index in [1.54, 1.807) is 0 Å². The van der Waals surface area contributed by atoms with E-state index in [4.69, 9.17) is 0 Å². The number of aromatic nitrogens is 2. The molecule has 0 radical (unpaired) electrons. The number of fused-ring (bicyclic) bond motifs is 1. The summed E-state index contributed by atoms with van der Waals surface area (Å²) in [4.78, 5) is 30.0. The summed E-state index contributed by atoms with van der Waals surface area (Å²) in [5.74, 6) is -0.143. The molecule has 3 atom stereocenters. The number of carbonyl (C=O) groups excluding carboxylic acids is 2. The van der Waals surface area contributed by atoms with Gasteiger partial charge in [-0.1, -0.05) is 20.8 Å². The van der Waals surface area contributed by atoms with Gasteiger partial charge in [-0.05, 0) is 12.3 Å². The number of aliphatic hydroxyl groups excluding tert-OH is 1. The fourth-order valence-electron chi connectivity index (χ4n) is 2.91. The van der Waals surface area contributed by atoms with Crippen molar-refractivity contribution in [3.63, 3.8) is 0 Å². The first-order valence-electron chi connectivity index (χ1n) is 7.38. The Hall–Kier alpha value is -1.54. The van der Waals surface area contributed by atoms with Gasteiger partial charge in [-0.3, -0.25) is 14.9 Å². The van der Waals surface area contributed by atoms with Crippen LogP contribution in [0.2, 0.25) is 0 Å². The second-order valence-corrected chi connectivity index (χ2v) is 7.82. The predicted molar refractivity (Wildman–Crippen MR) is 81.4 cm³/mol. The van der Waals surface area contributed by atoms with Gasteiger partial charge in [0.05, 0.1) is 6.10 Å². The van der Waals surface area contributed by atoms with E-state index in [9.17, 15) is 14.7 Å². The third kappa shape index (κ3) is 2.72. The van der Waals surface area contributed by atoms with Crippen LogP contribution >= 0.6 is 11.5 Å². The van der Waals surface area contributed by atoms with E-state index in [2.05, 4.69) is 14.7 Å². The molecule has 1 aromatic rings. The number of amides is 2. The van der Waals surface area contributed by atoms with Crippen molar-refractivity contribution in [1.29, 1.82) is 0 Å². The molecule has 0 aromatic carbocycles. The van der Waals surface area contributed by atoms with E-state index < -0.39 is 11.8 Å². The Bertz CT molecular complexity index is 609. The Labute approximate surface area is 132 Å². The topological polar surface area (TPSA) is 95.4 Å². The molecule has 2 amide bonds. The molecule has 22 heavy (non-hydrogen) atoms. The second-order valence-electron chi connectivity index (χ2n) is 7.06. The van der Waals surface area contributed by atoms with Gasteiger partial charge in [0.2, 0.25) is 5.13 Å². The number of nitrogens with one attached hydrogen (secondary N) is 1. The van der Waals surface area contributed by atoms with E-state index in [0.29, 0.717) is 30.0 Å². The number of nitrogens with zero attached hydrogens (tertiary/aromatic N) is 3. The third-order valence-electron chi connectivity index (χ3n) is 4.33. The number of rotatable bonds is 1. The summed E-state index contributed by atoms with van der Waals surface area (Å²) < 4.78 is 4.20. The maximum absolute atomic E-state index is 12.2. The van der Waals surface area contributed by atoms with E-state index >= 15 is 0 Å². The van der Waals surface area contributed by atoms with E-state index in [1.807, 2.05) is 20.8 Å². The van der Waals surface area contributed by atoms with Crippen LogP contribution in [0.25, 0.3) is 0 Å². The van der Waals surface area contributed by atoms with Crippen molar-refractivity contribution in [1.82, 2.24) is 14.3 Å². The predicted octanol–water partition coefficient (Wildman–Crippen LogP) is 0.613. The fourth-order valence-corrected chi connectivity index (χ4v) is 3.66. The Morgan fingerprint density at radius 3 is 2.64 bits per heavy atom. The molecule has 3 rings (SSSR count). The molecule has 2 N–H and O–H groups in total. The Balaban J connectivity index is 1.60. The zero-order chi connectivity index (χ0) is 16.1. The quantitative estimate of drug-likeness (QED) is 0.738. The van der Waals surface area contributed by atoms with Crippen molar-refractivity contribution in [3.8, 4) is 0 Å². The van der Waals surface area contributed by atoms with Crippen LogP contribution in [0.3, 0.4) is 0 Å². The number of likely N-dealkylation sites (tertiary alicyclic amines) is 1. The third-order valence-corrected chi connectivity index (χ3v) is 4.96. The van der Waals surface area contributed by atoms with Crippen LogP contribution in [0.1, 0.15) is 33.0 Å². The minimum absolute atomic E-state index is 0.130. The van der Waals surface area contributed by atoms with Gasteiger partial charge in [-0.2, -0.15) is 4.37 Å². The molecule has 0 bridgehead atoms. The molecule has 1 saturated heterocycles. The Kier molecular flexibility index (Phi) is 3.68. The molecule has 1 aliphatic carbocycles. The normalized spacial score (nSPS) is 27.3. The highest BCUT2D eigenvalue weighted by Crippen LogP contribution is 2.40. The van der Waals surface area contributed by atoms with Crippen LogP contribution in [0, 0.1) is 11.8 Å². The number of hydrogen-bond donors (Lipinski definition) is 2. The molecule has 1 aliphatic heterocycles. The molecular formula is C14H20N4O3S. The molecule has 7 nitrogen and oxygen atoms in total. The highest BCUT2D eigenvalue weighted by Gasteiger charge is 2.48. The van der Waals surface area contributed by atoms with Crippen LogP contribution in [0.5, 0.6) is 0 Å². The first-order chi connectivity index (χ1) is 10.3. The van der Waals surface area contributed by atoms with E-state index in [-0.39, 0.29) is 17.4 Å². The SMILES string of the molecule is CC(C)(C)c1nsc(NC(=O)C(=O)N2CC3CC(O)C3C2)n1. The zero-order valence-electron chi connectivity index (χ0n) is 12.9. The van der Waals surface area contributed by atoms with Crippen molar-refractivity contribution in [2.75, 3.05) is 18.4 Å². The van der Waals surface area contributed by atoms with Crippen LogP contribution in [-0.4, -0.2) is 50.4 Å². The van der Waals surface area contributed by atoms with Gasteiger partial charge in [-0.25, -0.2) is 4.98 Å². The first-order valence-corrected chi connectivity index (χ1v) is 8.15. The van der Waals surface area contributed by atoms with Gasteiger partial charge >= 0.3 is 11.8 Å². The summed E-state index contributed by atoms with van der Waals surface area (Å²) in [5.41, 5.74) is -0.201. The van der Waals surface area contributed by atoms with Crippen molar-refractivity contribution in [2.24, 2.45) is 11.8 Å². The molecule has 0 spiro atoms. The number of hydrogen-bond acceptors (Lipinski definition) is 6. The average Bonchev–Trinajstić information content (AvgIpc) is 3.01. The van der Waals surface area contributed by atoms with Gasteiger partial charge in [0.15, 0.2) is 0 Å². The summed E-state index contributed by atoms with van der Waals surface area (Å²) >= 11 is 1.07. The van der Waals surface area contributed by atoms with Crippen LogP contribution < -0.4 is 5.32 Å². The smallest absolute Gasteiger partial charge is 0.315 e. The van der Waals surface area contributed by atoms with E-state index in [0.717, 1.165) is 18.0 Å². The summed E-state index contributed by atoms with van der Waals surface area (Å²) in [6.45, 7) is 6.96. The largest absolute Gasteiger partial charge is 0.393 e. The lowest BCUT2D eigenvalue weighted by Gasteiger charge is -2.34. The summed E-state index contributed by atoms with van der Waals surface area (Å²) in [6.07, 6.45) is 0.393. The maximum atomic E-state index is 12.2. The highest BCUT2D eigenvalue weighted by molar-refractivity contribution is 7.10. The standard InChI is InChI=1S/C14H20N4O3S/c1-14(2,3)12-16-13(22-17-12)15-10(20)11(21)18-5-7-4-9(19)8(7)6-18/h7-9,19H,4-6H2,1-3H3,(H,15,16,17,20). The molecule has 2 fully saturated rings. The lowest BCUT2D eigenvalue weighted by Crippen LogP contribution is -2.40. The molecule has 120 valence electrons. The minimum Gasteiger partial charge on any atom is -0.393 e. The van der Waals surface area contributed by atoms with Gasteiger partial charge in [0.1, 0.15) is 5.82 Å². The summed E-state index contributed by atoms with van der Waals surface area (Å²) in [7, 11) is 0. The van der Waals surface area contributed by atoms with Crippen molar-refractivity contribution in [2.45, 2.75) is 38.7 Å². The number of aliphatic hydroxyl groups is 1. The lowest BCUT2D eigenvalue weighted by atomic mass is 9.74. The van der Waals surface area contributed by atoms with Gasteiger partial charge < -0.3 is 10.0 Å². The monoisotopic (exact) mass is 324 g/mol. The van der Waals surface area contributed by atoms with Crippen molar-refractivity contribution >= 4 is 28.5 Å². The zero-order valence-corrected chi connectivity index (χ0v) is 13.7. The summed E-state index contributed by atoms with van der Waals surface area (Å²) in [6, 6.07) is 0. The average molecular weight is 324 g/mol. The molecule has 2 aliphatic rings. The molecule has 3 unspecified atom stereocenters. The highest BCUT2D eigenvalue weighted by atomic mass is 32.1. The van der Waals surface area contributed by atoms with Crippen molar-refractivity contribution in [3.05, 3.63) is 5.82 Å². The summed E-state index contributed by atoms with van der Waals surface area (Å²) in [5, 5.41) is 12.5. The number of anilines is 1. The minimum atomic E-state index is -0.688. The molecular weight excluding hydrogens is 304 g/mol. The Morgan fingerprint density at radius 2 is 2.09 bits per heavy atom. The molecule has 2 heterocycles. The van der Waals surface area contributed by atoms with Crippen LogP contribution in [0.15, 0.2) is 0 Å². The maximum Gasteiger partial charge on any atom is 0.315 e. The van der Waals surface area contributed by atoms with Gasteiger partial charge in [0, 0.05) is 36.0 Å². The second kappa shape index (κ2) is 5.27. The van der Waals surface area contributed by atoms with Crippen LogP contribution in [-0.2, 0) is 15.0 Å². The lowest BCUT2D eigenvalue weighted by molar-refractivity contribution is -0.142. The molecule has 1 saturated carbocycles. The van der Waals surface area contributed by atoms with E-state index in [1.165, 1.54) is 4.90 Å². The van der Waals surface area contributed by atoms with Gasteiger partial charge in [0.25, 0.3) is 0 Å². The Morgan fingerprint density at radius 1 is 1.36 bits per heavy atom. The molecule has 1 aromatic heterocycles. The van der Waals surface area contributed by atoms with Crippen LogP contribution in [0.4, 0.5) is 5.13 Å². The fraction of sp³-hybridized carbons (Fsp3) is 0.714. The molecule has 8 heteroatoms. The van der Waals surface area contributed by atoms with Crippen molar-refractivity contribution < 1.29 is 14.7 Å². The van der Waals surface area contributed by atoms with Gasteiger partial charge in [-0.15, -0.1) is 0 Å². The first kappa shape index (κ1) is 15.4.